The molecule has 0 aliphatic carbocycles. The highest BCUT2D eigenvalue weighted by molar-refractivity contribution is 6.31. The Balaban J connectivity index is 1.54. The molecule has 0 atom stereocenters. The highest BCUT2D eigenvalue weighted by Gasteiger charge is 2.13. The highest BCUT2D eigenvalue weighted by atomic mass is 35.5. The van der Waals surface area contributed by atoms with E-state index < -0.39 is 0 Å². The average Bonchev–Trinajstić information content (AvgIpc) is 3.07. The van der Waals surface area contributed by atoms with E-state index in [1.54, 1.807) is 6.20 Å². The monoisotopic (exact) mass is 355 g/mol. The van der Waals surface area contributed by atoms with E-state index in [2.05, 4.69) is 25.8 Å². The molecular weight excluding hydrogens is 342 g/mol. The number of anilines is 4. The highest BCUT2D eigenvalue weighted by Crippen LogP contribution is 2.35. The lowest BCUT2D eigenvalue weighted by atomic mass is 10.2. The number of hydrogen-bond acceptors (Lipinski definition) is 7. The van der Waals surface area contributed by atoms with Gasteiger partial charge in [-0.15, -0.1) is 5.10 Å². The Labute approximate surface area is 149 Å². The fraction of sp³-hybridized carbons (Fsp3) is 0.118. The van der Waals surface area contributed by atoms with Crippen LogP contribution in [0.4, 0.5) is 23.1 Å². The summed E-state index contributed by atoms with van der Waals surface area (Å²) in [7, 11) is 0. The van der Waals surface area contributed by atoms with Crippen LogP contribution in [-0.2, 0) is 0 Å². The van der Waals surface area contributed by atoms with Gasteiger partial charge in [-0.05, 0) is 36.8 Å². The molecule has 0 amide bonds. The van der Waals surface area contributed by atoms with Gasteiger partial charge in [0.2, 0.25) is 12.7 Å². The minimum absolute atomic E-state index is 0.237. The van der Waals surface area contributed by atoms with Gasteiger partial charge in [0.05, 0.1) is 6.20 Å². The minimum atomic E-state index is 0.237. The molecule has 1 aliphatic heterocycles. The predicted octanol–water partition coefficient (Wildman–Crippen LogP) is 4.05. The summed E-state index contributed by atoms with van der Waals surface area (Å²) in [6, 6.07) is 11.2. The van der Waals surface area contributed by atoms with Gasteiger partial charge in [-0.1, -0.05) is 17.7 Å². The number of ether oxygens (including phenoxy) is 2. The molecule has 0 radical (unpaired) electrons. The summed E-state index contributed by atoms with van der Waals surface area (Å²) in [6.07, 6.45) is 1.54. The van der Waals surface area contributed by atoms with Gasteiger partial charge in [0, 0.05) is 22.5 Å². The Morgan fingerprint density at radius 1 is 1.08 bits per heavy atom. The molecule has 126 valence electrons. The zero-order chi connectivity index (χ0) is 17.2. The van der Waals surface area contributed by atoms with Crippen molar-refractivity contribution in [1.29, 1.82) is 0 Å². The third kappa shape index (κ3) is 3.27. The van der Waals surface area contributed by atoms with Gasteiger partial charge in [0.15, 0.2) is 17.3 Å². The smallest absolute Gasteiger partial charge is 0.249 e. The van der Waals surface area contributed by atoms with Crippen molar-refractivity contribution in [2.45, 2.75) is 6.92 Å². The number of fused-ring (bicyclic) bond motifs is 1. The van der Waals surface area contributed by atoms with Crippen LogP contribution in [0, 0.1) is 6.92 Å². The number of benzene rings is 2. The van der Waals surface area contributed by atoms with E-state index in [1.807, 2.05) is 43.3 Å². The summed E-state index contributed by atoms with van der Waals surface area (Å²) in [5.41, 5.74) is 2.56. The molecule has 4 rings (SSSR count). The lowest BCUT2D eigenvalue weighted by Gasteiger charge is -2.10. The van der Waals surface area contributed by atoms with E-state index in [9.17, 15) is 0 Å². The molecule has 0 unspecified atom stereocenters. The van der Waals surface area contributed by atoms with Crippen molar-refractivity contribution < 1.29 is 9.47 Å². The first-order valence-corrected chi connectivity index (χ1v) is 7.95. The van der Waals surface area contributed by atoms with Crippen LogP contribution in [0.3, 0.4) is 0 Å². The van der Waals surface area contributed by atoms with Crippen molar-refractivity contribution in [3.8, 4) is 11.5 Å². The van der Waals surface area contributed by atoms with Crippen LogP contribution in [0.15, 0.2) is 42.6 Å². The first kappa shape index (κ1) is 15.5. The average molecular weight is 356 g/mol. The fourth-order valence-electron chi connectivity index (χ4n) is 2.40. The van der Waals surface area contributed by atoms with Crippen molar-refractivity contribution >= 4 is 34.7 Å². The zero-order valence-corrected chi connectivity index (χ0v) is 14.0. The van der Waals surface area contributed by atoms with E-state index in [0.29, 0.717) is 22.5 Å². The molecule has 2 aromatic carbocycles. The topological polar surface area (TPSA) is 81.2 Å². The third-order valence-electron chi connectivity index (χ3n) is 3.72. The van der Waals surface area contributed by atoms with Crippen molar-refractivity contribution in [2.24, 2.45) is 0 Å². The number of nitrogens with zero attached hydrogens (tertiary/aromatic N) is 3. The van der Waals surface area contributed by atoms with Crippen LogP contribution in [0.2, 0.25) is 5.02 Å². The van der Waals surface area contributed by atoms with Crippen LogP contribution in [0.25, 0.3) is 0 Å². The van der Waals surface area contributed by atoms with E-state index in [0.717, 1.165) is 22.7 Å². The molecule has 1 aromatic heterocycles. The number of hydrogen-bond donors (Lipinski definition) is 2. The molecule has 3 aromatic rings. The molecule has 7 nitrogen and oxygen atoms in total. The van der Waals surface area contributed by atoms with Gasteiger partial charge in [-0.25, -0.2) is 0 Å². The van der Waals surface area contributed by atoms with Crippen LogP contribution < -0.4 is 20.1 Å². The van der Waals surface area contributed by atoms with Crippen LogP contribution in [0.1, 0.15) is 5.56 Å². The molecule has 0 saturated carbocycles. The minimum Gasteiger partial charge on any atom is -0.454 e. The number of aromatic nitrogens is 3. The summed E-state index contributed by atoms with van der Waals surface area (Å²) in [5, 5.41) is 15.0. The first-order chi connectivity index (χ1) is 12.2. The maximum absolute atomic E-state index is 6.13. The second-order valence-corrected chi connectivity index (χ2v) is 5.80. The Morgan fingerprint density at radius 2 is 1.96 bits per heavy atom. The second kappa shape index (κ2) is 6.45. The Bertz CT molecular complexity index is 935. The lowest BCUT2D eigenvalue weighted by Crippen LogP contribution is -2.03. The molecule has 1 aliphatic rings. The van der Waals surface area contributed by atoms with Gasteiger partial charge < -0.3 is 20.1 Å². The standard InChI is InChI=1S/C17H14ClN5O2/c1-10-12(18)3-2-4-13(10)21-17-22-16(8-19-23-17)20-11-5-6-14-15(7-11)25-9-24-14/h2-8H,9H2,1H3,(H2,20,21,22,23). The number of halogens is 1. The molecule has 2 N–H and O–H groups in total. The maximum atomic E-state index is 6.13. The van der Waals surface area contributed by atoms with Gasteiger partial charge in [-0.2, -0.15) is 10.1 Å². The molecular formula is C17H14ClN5O2. The Morgan fingerprint density at radius 3 is 2.88 bits per heavy atom. The number of rotatable bonds is 4. The number of nitrogens with one attached hydrogen (secondary N) is 2. The van der Waals surface area contributed by atoms with Crippen molar-refractivity contribution in [1.82, 2.24) is 15.2 Å². The zero-order valence-electron chi connectivity index (χ0n) is 13.3. The summed E-state index contributed by atoms with van der Waals surface area (Å²) < 4.78 is 10.7. The molecule has 0 spiro atoms. The second-order valence-electron chi connectivity index (χ2n) is 5.40. The van der Waals surface area contributed by atoms with Gasteiger partial charge in [0.25, 0.3) is 0 Å². The van der Waals surface area contributed by atoms with E-state index in [4.69, 9.17) is 21.1 Å². The summed E-state index contributed by atoms with van der Waals surface area (Å²) in [5.74, 6) is 2.34. The lowest BCUT2D eigenvalue weighted by molar-refractivity contribution is 0.174. The van der Waals surface area contributed by atoms with Gasteiger partial charge in [0.1, 0.15) is 0 Å². The fourth-order valence-corrected chi connectivity index (χ4v) is 2.58. The quantitative estimate of drug-likeness (QED) is 0.730. The first-order valence-electron chi connectivity index (χ1n) is 7.57. The predicted molar refractivity (Wildman–Crippen MR) is 95.1 cm³/mol. The Kier molecular flexibility index (Phi) is 3.99. The molecule has 0 fully saturated rings. The van der Waals surface area contributed by atoms with Gasteiger partial charge in [-0.3, -0.25) is 0 Å². The molecule has 8 heteroatoms. The van der Waals surface area contributed by atoms with Crippen LogP contribution >= 0.6 is 11.6 Å². The van der Waals surface area contributed by atoms with Crippen molar-refractivity contribution in [3.05, 3.63) is 53.2 Å². The van der Waals surface area contributed by atoms with E-state index in [-0.39, 0.29) is 6.79 Å². The van der Waals surface area contributed by atoms with Gasteiger partial charge >= 0.3 is 0 Å². The maximum Gasteiger partial charge on any atom is 0.249 e. The Hall–Kier alpha value is -3.06. The molecule has 0 saturated heterocycles. The molecule has 0 bridgehead atoms. The molecule has 25 heavy (non-hydrogen) atoms. The van der Waals surface area contributed by atoms with E-state index in [1.165, 1.54) is 0 Å². The largest absolute Gasteiger partial charge is 0.454 e. The summed E-state index contributed by atoms with van der Waals surface area (Å²) in [6.45, 7) is 2.16. The van der Waals surface area contributed by atoms with E-state index >= 15 is 0 Å². The van der Waals surface area contributed by atoms with Crippen molar-refractivity contribution in [2.75, 3.05) is 17.4 Å². The normalized spacial score (nSPS) is 12.1. The van der Waals surface area contributed by atoms with Crippen LogP contribution in [0.5, 0.6) is 11.5 Å². The van der Waals surface area contributed by atoms with Crippen molar-refractivity contribution in [3.63, 3.8) is 0 Å². The third-order valence-corrected chi connectivity index (χ3v) is 4.13. The summed E-state index contributed by atoms with van der Waals surface area (Å²) in [4.78, 5) is 4.42. The molecule has 2 heterocycles. The SMILES string of the molecule is Cc1c(Cl)cccc1Nc1nncc(Nc2ccc3c(c2)OCO3)n1. The summed E-state index contributed by atoms with van der Waals surface area (Å²) >= 11 is 6.13. The van der Waals surface area contributed by atoms with Crippen LogP contribution in [-0.4, -0.2) is 22.0 Å².